The SMILES string of the molecule is C[C@@H]1CN(c2cc(C(=N)c3cc(-c4ccc(C#N)cc4)ccc3N)ncn2)C[C@H](C)O1. The Labute approximate surface area is 181 Å². The van der Waals surface area contributed by atoms with Crippen molar-refractivity contribution < 1.29 is 4.74 Å². The molecular formula is C24H24N6O. The number of rotatable bonds is 4. The quantitative estimate of drug-likeness (QED) is 0.500. The molecule has 1 aromatic heterocycles. The molecule has 1 aliphatic rings. The summed E-state index contributed by atoms with van der Waals surface area (Å²) in [5.74, 6) is 0.776. The lowest BCUT2D eigenvalue weighted by molar-refractivity contribution is -0.00546. The van der Waals surface area contributed by atoms with Crippen LogP contribution in [0.4, 0.5) is 11.5 Å². The number of anilines is 2. The van der Waals surface area contributed by atoms with E-state index in [2.05, 4.69) is 20.9 Å². The number of nitrogen functional groups attached to an aromatic ring is 1. The molecule has 2 heterocycles. The van der Waals surface area contributed by atoms with E-state index in [1.807, 2.05) is 44.2 Å². The number of benzene rings is 2. The Balaban J connectivity index is 1.64. The number of nitrogens with two attached hydrogens (primary N) is 1. The Morgan fingerprint density at radius 3 is 2.42 bits per heavy atom. The van der Waals surface area contributed by atoms with Crippen molar-refractivity contribution in [3.8, 4) is 17.2 Å². The van der Waals surface area contributed by atoms with Crippen LogP contribution in [0.2, 0.25) is 0 Å². The molecule has 4 rings (SSSR count). The fourth-order valence-corrected chi connectivity index (χ4v) is 3.85. The summed E-state index contributed by atoms with van der Waals surface area (Å²) in [4.78, 5) is 10.9. The van der Waals surface area contributed by atoms with Crippen molar-refractivity contribution in [2.75, 3.05) is 23.7 Å². The first kappa shape index (κ1) is 20.5. The lowest BCUT2D eigenvalue weighted by Gasteiger charge is -2.36. The van der Waals surface area contributed by atoms with Gasteiger partial charge in [0.15, 0.2) is 0 Å². The van der Waals surface area contributed by atoms with Gasteiger partial charge in [-0.2, -0.15) is 5.26 Å². The largest absolute Gasteiger partial charge is 0.398 e. The third kappa shape index (κ3) is 4.39. The van der Waals surface area contributed by atoms with Crippen LogP contribution in [-0.4, -0.2) is 41.0 Å². The Morgan fingerprint density at radius 1 is 1.06 bits per heavy atom. The predicted octanol–water partition coefficient (Wildman–Crippen LogP) is 3.63. The molecule has 3 N–H and O–H groups in total. The summed E-state index contributed by atoms with van der Waals surface area (Å²) in [5, 5.41) is 17.8. The van der Waals surface area contributed by atoms with E-state index in [4.69, 9.17) is 21.1 Å². The third-order valence-electron chi connectivity index (χ3n) is 5.32. The number of morpholine rings is 1. The maximum Gasteiger partial charge on any atom is 0.132 e. The van der Waals surface area contributed by atoms with Crippen LogP contribution < -0.4 is 10.6 Å². The average Bonchev–Trinajstić information content (AvgIpc) is 2.78. The van der Waals surface area contributed by atoms with Crippen molar-refractivity contribution in [3.63, 3.8) is 0 Å². The Bertz CT molecular complexity index is 1140. The molecule has 1 saturated heterocycles. The summed E-state index contributed by atoms with van der Waals surface area (Å²) in [7, 11) is 0. The molecule has 156 valence electrons. The molecule has 0 saturated carbocycles. The summed E-state index contributed by atoms with van der Waals surface area (Å²) in [6.07, 6.45) is 1.72. The minimum atomic E-state index is 0.112. The number of ether oxygens (including phenoxy) is 1. The van der Waals surface area contributed by atoms with Gasteiger partial charge in [-0.25, -0.2) is 9.97 Å². The van der Waals surface area contributed by atoms with Crippen LogP contribution in [0.1, 0.15) is 30.7 Å². The minimum absolute atomic E-state index is 0.112. The highest BCUT2D eigenvalue weighted by Gasteiger charge is 2.24. The van der Waals surface area contributed by atoms with E-state index in [9.17, 15) is 0 Å². The van der Waals surface area contributed by atoms with Crippen molar-refractivity contribution >= 4 is 17.2 Å². The second-order valence-electron chi connectivity index (χ2n) is 7.79. The van der Waals surface area contributed by atoms with E-state index in [0.29, 0.717) is 22.5 Å². The molecule has 0 bridgehead atoms. The molecule has 2 atom stereocenters. The van der Waals surface area contributed by atoms with E-state index in [1.54, 1.807) is 18.2 Å². The zero-order valence-corrected chi connectivity index (χ0v) is 17.5. The molecule has 7 nitrogen and oxygen atoms in total. The lowest BCUT2D eigenvalue weighted by Crippen LogP contribution is -2.45. The van der Waals surface area contributed by atoms with Crippen LogP contribution in [0.3, 0.4) is 0 Å². The molecule has 31 heavy (non-hydrogen) atoms. The second kappa shape index (κ2) is 8.54. The van der Waals surface area contributed by atoms with Crippen LogP contribution in [0.15, 0.2) is 54.9 Å². The molecule has 7 heteroatoms. The van der Waals surface area contributed by atoms with Gasteiger partial charge in [0, 0.05) is 30.4 Å². The fourth-order valence-electron chi connectivity index (χ4n) is 3.85. The van der Waals surface area contributed by atoms with Gasteiger partial charge in [-0.3, -0.25) is 5.41 Å². The lowest BCUT2D eigenvalue weighted by atomic mass is 9.97. The molecule has 0 aliphatic carbocycles. The average molecular weight is 412 g/mol. The summed E-state index contributed by atoms with van der Waals surface area (Å²) in [6.45, 7) is 5.57. The molecule has 1 aliphatic heterocycles. The van der Waals surface area contributed by atoms with Crippen LogP contribution in [0.25, 0.3) is 11.1 Å². The van der Waals surface area contributed by atoms with Crippen molar-refractivity contribution in [2.24, 2.45) is 0 Å². The topological polar surface area (TPSA) is 112 Å². The zero-order valence-electron chi connectivity index (χ0n) is 17.5. The van der Waals surface area contributed by atoms with Gasteiger partial charge in [-0.15, -0.1) is 0 Å². The normalized spacial score (nSPS) is 18.4. The molecule has 1 fully saturated rings. The van der Waals surface area contributed by atoms with Gasteiger partial charge in [-0.1, -0.05) is 18.2 Å². The first-order valence-corrected chi connectivity index (χ1v) is 10.2. The van der Waals surface area contributed by atoms with Gasteiger partial charge >= 0.3 is 0 Å². The standard InChI is InChI=1S/C24H24N6O/c1-15-12-30(13-16(2)31-15)23-10-22(28-14-29-23)24(27)20-9-19(7-8-21(20)26)18-5-3-17(11-25)4-6-18/h3-10,14-16,27H,12-13,26H2,1-2H3/t15-,16+. The van der Waals surface area contributed by atoms with Crippen molar-refractivity contribution in [1.29, 1.82) is 10.7 Å². The zero-order chi connectivity index (χ0) is 22.0. The number of hydrogen-bond acceptors (Lipinski definition) is 7. The van der Waals surface area contributed by atoms with Crippen LogP contribution in [0, 0.1) is 16.7 Å². The summed E-state index contributed by atoms with van der Waals surface area (Å²) in [5.41, 5.74) is 10.6. The van der Waals surface area contributed by atoms with Gasteiger partial charge in [0.25, 0.3) is 0 Å². The molecule has 3 aromatic rings. The summed E-state index contributed by atoms with van der Waals surface area (Å²) in [6, 6.07) is 16.9. The first-order valence-electron chi connectivity index (χ1n) is 10.2. The second-order valence-corrected chi connectivity index (χ2v) is 7.79. The number of nitrogens with one attached hydrogen (secondary N) is 1. The molecular weight excluding hydrogens is 388 g/mol. The van der Waals surface area contributed by atoms with Gasteiger partial charge in [0.2, 0.25) is 0 Å². The Kier molecular flexibility index (Phi) is 5.65. The van der Waals surface area contributed by atoms with Crippen molar-refractivity contribution in [2.45, 2.75) is 26.1 Å². The van der Waals surface area contributed by atoms with Gasteiger partial charge in [-0.05, 0) is 49.2 Å². The molecule has 0 radical (unpaired) electrons. The summed E-state index contributed by atoms with van der Waals surface area (Å²) >= 11 is 0. The van der Waals surface area contributed by atoms with Crippen molar-refractivity contribution in [3.05, 3.63) is 71.7 Å². The first-order chi connectivity index (χ1) is 14.9. The van der Waals surface area contributed by atoms with Crippen LogP contribution in [0.5, 0.6) is 0 Å². The predicted molar refractivity (Wildman–Crippen MR) is 121 cm³/mol. The highest BCUT2D eigenvalue weighted by Crippen LogP contribution is 2.26. The molecule has 0 amide bonds. The van der Waals surface area contributed by atoms with Crippen LogP contribution in [-0.2, 0) is 4.74 Å². The highest BCUT2D eigenvalue weighted by atomic mass is 16.5. The smallest absolute Gasteiger partial charge is 0.132 e. The van der Waals surface area contributed by atoms with E-state index in [1.165, 1.54) is 6.33 Å². The number of nitrogens with zero attached hydrogens (tertiary/aromatic N) is 4. The van der Waals surface area contributed by atoms with E-state index < -0.39 is 0 Å². The van der Waals surface area contributed by atoms with E-state index in [-0.39, 0.29) is 17.9 Å². The fraction of sp³-hybridized carbons (Fsp3) is 0.250. The summed E-state index contributed by atoms with van der Waals surface area (Å²) < 4.78 is 5.81. The molecule has 2 aromatic carbocycles. The molecule has 0 unspecified atom stereocenters. The number of aromatic nitrogens is 2. The van der Waals surface area contributed by atoms with Gasteiger partial charge in [0.05, 0.1) is 35.2 Å². The van der Waals surface area contributed by atoms with Gasteiger partial charge in [0.1, 0.15) is 12.1 Å². The van der Waals surface area contributed by atoms with Crippen LogP contribution >= 0.6 is 0 Å². The maximum atomic E-state index is 9.01. The molecule has 0 spiro atoms. The highest BCUT2D eigenvalue weighted by molar-refractivity contribution is 6.13. The monoisotopic (exact) mass is 412 g/mol. The number of nitriles is 1. The van der Waals surface area contributed by atoms with E-state index in [0.717, 1.165) is 30.0 Å². The van der Waals surface area contributed by atoms with Crippen molar-refractivity contribution in [1.82, 2.24) is 9.97 Å². The minimum Gasteiger partial charge on any atom is -0.398 e. The number of hydrogen-bond donors (Lipinski definition) is 2. The maximum absolute atomic E-state index is 9.01. The van der Waals surface area contributed by atoms with E-state index >= 15 is 0 Å². The Hall–Kier alpha value is -3.76. The Morgan fingerprint density at radius 2 is 1.74 bits per heavy atom. The van der Waals surface area contributed by atoms with Gasteiger partial charge < -0.3 is 15.4 Å². The third-order valence-corrected chi connectivity index (χ3v) is 5.32.